The SMILES string of the molecule is COc1cccc(CC(Cl)C2CCCC2(C)C)c1. The Labute approximate surface area is 115 Å². The van der Waals surface area contributed by atoms with Crippen molar-refractivity contribution in [2.45, 2.75) is 44.9 Å². The van der Waals surface area contributed by atoms with E-state index in [0.29, 0.717) is 11.3 Å². The van der Waals surface area contributed by atoms with Crippen molar-refractivity contribution >= 4 is 11.6 Å². The zero-order valence-corrected chi connectivity index (χ0v) is 12.3. The highest BCUT2D eigenvalue weighted by atomic mass is 35.5. The largest absolute Gasteiger partial charge is 0.497 e. The summed E-state index contributed by atoms with van der Waals surface area (Å²) < 4.78 is 5.26. The fourth-order valence-corrected chi connectivity index (χ4v) is 3.84. The van der Waals surface area contributed by atoms with E-state index in [4.69, 9.17) is 16.3 Å². The van der Waals surface area contributed by atoms with Crippen molar-refractivity contribution in [3.05, 3.63) is 29.8 Å². The first-order valence-electron chi connectivity index (χ1n) is 6.80. The lowest BCUT2D eigenvalue weighted by molar-refractivity contribution is 0.250. The highest BCUT2D eigenvalue weighted by Gasteiger charge is 2.38. The molecule has 100 valence electrons. The summed E-state index contributed by atoms with van der Waals surface area (Å²) in [7, 11) is 1.71. The van der Waals surface area contributed by atoms with Crippen molar-refractivity contribution < 1.29 is 4.74 Å². The molecule has 1 nitrogen and oxygen atoms in total. The number of halogens is 1. The van der Waals surface area contributed by atoms with Crippen LogP contribution < -0.4 is 4.74 Å². The molecule has 1 aliphatic rings. The molecule has 1 aromatic rings. The van der Waals surface area contributed by atoms with Crippen molar-refractivity contribution in [3.8, 4) is 5.75 Å². The van der Waals surface area contributed by atoms with E-state index in [-0.39, 0.29) is 5.38 Å². The summed E-state index contributed by atoms with van der Waals surface area (Å²) in [4.78, 5) is 0. The summed E-state index contributed by atoms with van der Waals surface area (Å²) in [6.07, 6.45) is 4.83. The first kappa shape index (κ1) is 13.7. The minimum Gasteiger partial charge on any atom is -0.497 e. The van der Waals surface area contributed by atoms with Gasteiger partial charge in [0.25, 0.3) is 0 Å². The number of alkyl halides is 1. The molecule has 2 heteroatoms. The van der Waals surface area contributed by atoms with Crippen molar-refractivity contribution in [2.24, 2.45) is 11.3 Å². The maximum Gasteiger partial charge on any atom is 0.119 e. The standard InChI is InChI=1S/C16H23ClO/c1-16(2)9-5-8-14(16)15(17)11-12-6-4-7-13(10-12)18-3/h4,6-7,10,14-15H,5,8-9,11H2,1-3H3. The van der Waals surface area contributed by atoms with Crippen LogP contribution >= 0.6 is 11.6 Å². The number of methoxy groups -OCH3 is 1. The van der Waals surface area contributed by atoms with Gasteiger partial charge in [-0.3, -0.25) is 0 Å². The second-order valence-corrected chi connectivity index (χ2v) is 6.62. The van der Waals surface area contributed by atoms with Crippen LogP contribution in [0.2, 0.25) is 0 Å². The maximum absolute atomic E-state index is 6.66. The minimum absolute atomic E-state index is 0.231. The van der Waals surface area contributed by atoms with E-state index in [1.54, 1.807) is 7.11 Å². The summed E-state index contributed by atoms with van der Waals surface area (Å²) in [6, 6.07) is 8.25. The first-order chi connectivity index (χ1) is 8.53. The van der Waals surface area contributed by atoms with E-state index in [1.807, 2.05) is 12.1 Å². The van der Waals surface area contributed by atoms with E-state index in [2.05, 4.69) is 26.0 Å². The second-order valence-electron chi connectivity index (χ2n) is 6.06. The summed E-state index contributed by atoms with van der Waals surface area (Å²) in [5, 5.41) is 0.231. The average molecular weight is 267 g/mol. The van der Waals surface area contributed by atoms with Crippen LogP contribution in [-0.4, -0.2) is 12.5 Å². The Morgan fingerprint density at radius 1 is 1.44 bits per heavy atom. The number of benzene rings is 1. The molecule has 2 atom stereocenters. The lowest BCUT2D eigenvalue weighted by atomic mass is 9.78. The molecule has 0 amide bonds. The molecule has 0 aromatic heterocycles. The van der Waals surface area contributed by atoms with Crippen molar-refractivity contribution in [3.63, 3.8) is 0 Å². The Morgan fingerprint density at radius 3 is 2.83 bits per heavy atom. The Bertz CT molecular complexity index is 400. The zero-order valence-electron chi connectivity index (χ0n) is 11.6. The van der Waals surface area contributed by atoms with Crippen LogP contribution in [0.15, 0.2) is 24.3 Å². The smallest absolute Gasteiger partial charge is 0.119 e. The summed E-state index contributed by atoms with van der Waals surface area (Å²) in [5.41, 5.74) is 1.67. The molecule has 2 unspecified atom stereocenters. The van der Waals surface area contributed by atoms with Gasteiger partial charge in [-0.15, -0.1) is 11.6 Å². The maximum atomic E-state index is 6.66. The molecular weight excluding hydrogens is 244 g/mol. The monoisotopic (exact) mass is 266 g/mol. The summed E-state index contributed by atoms with van der Waals surface area (Å²) >= 11 is 6.66. The molecule has 1 aromatic carbocycles. The predicted octanol–water partition coefficient (Wildman–Crippen LogP) is 4.67. The molecule has 1 aliphatic carbocycles. The van der Waals surface area contributed by atoms with Crippen LogP contribution in [-0.2, 0) is 6.42 Å². The van der Waals surface area contributed by atoms with E-state index in [0.717, 1.165) is 12.2 Å². The van der Waals surface area contributed by atoms with Gasteiger partial charge in [0.2, 0.25) is 0 Å². The molecule has 0 N–H and O–H groups in total. The van der Waals surface area contributed by atoms with Crippen LogP contribution in [0, 0.1) is 11.3 Å². The Hall–Kier alpha value is -0.690. The second kappa shape index (κ2) is 5.52. The van der Waals surface area contributed by atoms with E-state index in [9.17, 15) is 0 Å². The third-order valence-corrected chi connectivity index (χ3v) is 4.80. The van der Waals surface area contributed by atoms with Gasteiger partial charge in [0.05, 0.1) is 7.11 Å². The Kier molecular flexibility index (Phi) is 4.21. The molecule has 0 radical (unpaired) electrons. The topological polar surface area (TPSA) is 9.23 Å². The molecule has 0 bridgehead atoms. The quantitative estimate of drug-likeness (QED) is 0.720. The molecule has 0 heterocycles. The lowest BCUT2D eigenvalue weighted by Crippen LogP contribution is -2.27. The fraction of sp³-hybridized carbons (Fsp3) is 0.625. The van der Waals surface area contributed by atoms with Crippen LogP contribution in [0.3, 0.4) is 0 Å². The Morgan fingerprint density at radius 2 is 2.22 bits per heavy atom. The molecule has 18 heavy (non-hydrogen) atoms. The van der Waals surface area contributed by atoms with Crippen molar-refractivity contribution in [2.75, 3.05) is 7.11 Å². The highest BCUT2D eigenvalue weighted by molar-refractivity contribution is 6.21. The van der Waals surface area contributed by atoms with Crippen molar-refractivity contribution in [1.29, 1.82) is 0 Å². The number of hydrogen-bond acceptors (Lipinski definition) is 1. The predicted molar refractivity (Wildman–Crippen MR) is 77.5 cm³/mol. The third kappa shape index (κ3) is 3.00. The minimum atomic E-state index is 0.231. The fourth-order valence-electron chi connectivity index (χ4n) is 3.19. The number of hydrogen-bond donors (Lipinski definition) is 0. The molecule has 2 rings (SSSR count). The number of rotatable bonds is 4. The van der Waals surface area contributed by atoms with Crippen LogP contribution in [0.25, 0.3) is 0 Å². The molecule has 0 saturated heterocycles. The van der Waals surface area contributed by atoms with Gasteiger partial charge in [-0.25, -0.2) is 0 Å². The molecule has 0 spiro atoms. The summed E-state index contributed by atoms with van der Waals surface area (Å²) in [6.45, 7) is 4.71. The van der Waals surface area contributed by atoms with Gasteiger partial charge in [-0.1, -0.05) is 32.4 Å². The zero-order chi connectivity index (χ0) is 13.2. The van der Waals surface area contributed by atoms with Crippen LogP contribution in [0.4, 0.5) is 0 Å². The number of ether oxygens (including phenoxy) is 1. The van der Waals surface area contributed by atoms with Gasteiger partial charge in [-0.2, -0.15) is 0 Å². The van der Waals surface area contributed by atoms with Gasteiger partial charge >= 0.3 is 0 Å². The normalized spacial score (nSPS) is 23.9. The molecule has 1 saturated carbocycles. The summed E-state index contributed by atoms with van der Waals surface area (Å²) in [5.74, 6) is 1.55. The van der Waals surface area contributed by atoms with Crippen molar-refractivity contribution in [1.82, 2.24) is 0 Å². The third-order valence-electron chi connectivity index (χ3n) is 4.34. The van der Waals surface area contributed by atoms with E-state index < -0.39 is 0 Å². The van der Waals surface area contributed by atoms with Gasteiger partial charge < -0.3 is 4.74 Å². The van der Waals surface area contributed by atoms with Gasteiger partial charge in [-0.05, 0) is 48.3 Å². The van der Waals surface area contributed by atoms with Crippen LogP contribution in [0.1, 0.15) is 38.7 Å². The first-order valence-corrected chi connectivity index (χ1v) is 7.23. The van der Waals surface area contributed by atoms with Gasteiger partial charge in [0.1, 0.15) is 5.75 Å². The molecule has 1 fully saturated rings. The molecular formula is C16H23ClO. The molecule has 0 aliphatic heterocycles. The highest BCUT2D eigenvalue weighted by Crippen LogP contribution is 2.46. The van der Waals surface area contributed by atoms with Gasteiger partial charge in [0, 0.05) is 5.38 Å². The van der Waals surface area contributed by atoms with E-state index in [1.165, 1.54) is 24.8 Å². The van der Waals surface area contributed by atoms with Crippen LogP contribution in [0.5, 0.6) is 5.75 Å². The van der Waals surface area contributed by atoms with E-state index >= 15 is 0 Å². The van der Waals surface area contributed by atoms with Gasteiger partial charge in [0.15, 0.2) is 0 Å². The lowest BCUT2D eigenvalue weighted by Gasteiger charge is -2.31. The Balaban J connectivity index is 2.04. The average Bonchev–Trinajstić information content (AvgIpc) is 2.69.